The normalized spacial score (nSPS) is 16.6. The van der Waals surface area contributed by atoms with Gasteiger partial charge in [0.05, 0.1) is 0 Å². The summed E-state index contributed by atoms with van der Waals surface area (Å²) in [4.78, 5) is 25.1. The molecule has 0 saturated carbocycles. The summed E-state index contributed by atoms with van der Waals surface area (Å²) in [6.07, 6.45) is 1.57. The lowest BCUT2D eigenvalue weighted by Crippen LogP contribution is -2.42. The number of carbonyl (C=O) groups excluding carboxylic acids is 2. The number of Topliss-reactive ketones (excluding diaryl/α,β-unsaturated/α-hetero) is 1. The van der Waals surface area contributed by atoms with Crippen LogP contribution >= 0.6 is 0 Å². The first kappa shape index (κ1) is 15.4. The fourth-order valence-corrected chi connectivity index (χ4v) is 2.61. The van der Waals surface area contributed by atoms with Crippen LogP contribution in [0.25, 0.3) is 0 Å². The molecule has 5 nitrogen and oxygen atoms in total. The number of amides is 2. The first-order valence-corrected chi connectivity index (χ1v) is 7.11. The van der Waals surface area contributed by atoms with Crippen molar-refractivity contribution in [1.29, 1.82) is 0 Å². The number of ketones is 1. The molecule has 0 spiro atoms. The molecule has 0 radical (unpaired) electrons. The maximum Gasteiger partial charge on any atom is 0.312 e. The summed E-state index contributed by atoms with van der Waals surface area (Å²) in [5, 5.41) is 2.55. The summed E-state index contributed by atoms with van der Waals surface area (Å²) >= 11 is 0. The Morgan fingerprint density at radius 2 is 1.86 bits per heavy atom. The van der Waals surface area contributed by atoms with Crippen molar-refractivity contribution < 1.29 is 14.0 Å². The number of piperidine rings is 1. The van der Waals surface area contributed by atoms with Crippen LogP contribution < -0.4 is 11.1 Å². The number of nitrogens with zero attached hydrogens (tertiary/aromatic N) is 1. The predicted molar refractivity (Wildman–Crippen MR) is 77.5 cm³/mol. The Bertz CT molecular complexity index is 496. The lowest BCUT2D eigenvalue weighted by Gasteiger charge is -2.31. The standard InChI is InChI=1S/C15H20FN3O2/c16-13-3-1-11(2-4-13)14(20)12-5-8-19(9-6-12)10-7-18-15(17)21/h1-4,12H,5-10H2,(H3,17,18,21). The zero-order chi connectivity index (χ0) is 15.2. The van der Waals surface area contributed by atoms with Gasteiger partial charge in [-0.15, -0.1) is 0 Å². The number of halogens is 1. The van der Waals surface area contributed by atoms with Gasteiger partial charge in [0.15, 0.2) is 5.78 Å². The van der Waals surface area contributed by atoms with Gasteiger partial charge in [-0.1, -0.05) is 0 Å². The highest BCUT2D eigenvalue weighted by Crippen LogP contribution is 2.21. The highest BCUT2D eigenvalue weighted by Gasteiger charge is 2.25. The van der Waals surface area contributed by atoms with Gasteiger partial charge in [0.2, 0.25) is 0 Å². The smallest absolute Gasteiger partial charge is 0.312 e. The molecule has 1 aliphatic heterocycles. The van der Waals surface area contributed by atoms with Gasteiger partial charge in [-0.05, 0) is 50.2 Å². The highest BCUT2D eigenvalue weighted by atomic mass is 19.1. The van der Waals surface area contributed by atoms with Crippen LogP contribution in [-0.4, -0.2) is 42.9 Å². The van der Waals surface area contributed by atoms with Gasteiger partial charge in [-0.2, -0.15) is 0 Å². The second-order valence-corrected chi connectivity index (χ2v) is 5.28. The third-order valence-electron chi connectivity index (χ3n) is 3.81. The lowest BCUT2D eigenvalue weighted by molar-refractivity contribution is 0.0841. The van der Waals surface area contributed by atoms with Crippen molar-refractivity contribution in [2.24, 2.45) is 11.7 Å². The van der Waals surface area contributed by atoms with Crippen molar-refractivity contribution in [2.45, 2.75) is 12.8 Å². The van der Waals surface area contributed by atoms with Crippen LogP contribution in [0.2, 0.25) is 0 Å². The van der Waals surface area contributed by atoms with Crippen LogP contribution in [0.5, 0.6) is 0 Å². The van der Waals surface area contributed by atoms with E-state index in [2.05, 4.69) is 10.2 Å². The van der Waals surface area contributed by atoms with Crippen LogP contribution in [0, 0.1) is 11.7 Å². The van der Waals surface area contributed by atoms with Crippen molar-refractivity contribution in [1.82, 2.24) is 10.2 Å². The van der Waals surface area contributed by atoms with Crippen molar-refractivity contribution in [3.63, 3.8) is 0 Å². The second-order valence-electron chi connectivity index (χ2n) is 5.28. The summed E-state index contributed by atoms with van der Waals surface area (Å²) < 4.78 is 12.9. The zero-order valence-corrected chi connectivity index (χ0v) is 11.8. The van der Waals surface area contributed by atoms with E-state index in [1.807, 2.05) is 0 Å². The molecule has 1 saturated heterocycles. The van der Waals surface area contributed by atoms with Gasteiger partial charge < -0.3 is 16.0 Å². The summed E-state index contributed by atoms with van der Waals surface area (Å²) in [5.74, 6) is -0.246. The third kappa shape index (κ3) is 4.53. The van der Waals surface area contributed by atoms with E-state index in [1.165, 1.54) is 12.1 Å². The number of rotatable bonds is 5. The number of hydrogen-bond acceptors (Lipinski definition) is 3. The number of primary amides is 1. The van der Waals surface area contributed by atoms with E-state index in [4.69, 9.17) is 5.73 Å². The molecule has 0 aliphatic carbocycles. The van der Waals surface area contributed by atoms with Crippen LogP contribution in [-0.2, 0) is 0 Å². The molecule has 1 fully saturated rings. The fourth-order valence-electron chi connectivity index (χ4n) is 2.61. The number of carbonyl (C=O) groups is 2. The van der Waals surface area contributed by atoms with Crippen LogP contribution in [0.15, 0.2) is 24.3 Å². The molecule has 1 aliphatic rings. The Morgan fingerprint density at radius 3 is 2.43 bits per heavy atom. The third-order valence-corrected chi connectivity index (χ3v) is 3.81. The summed E-state index contributed by atoms with van der Waals surface area (Å²) in [6.45, 7) is 2.89. The van der Waals surface area contributed by atoms with E-state index in [-0.39, 0.29) is 17.5 Å². The van der Waals surface area contributed by atoms with Gasteiger partial charge in [-0.25, -0.2) is 9.18 Å². The monoisotopic (exact) mass is 293 g/mol. The summed E-state index contributed by atoms with van der Waals surface area (Å²) in [7, 11) is 0. The van der Waals surface area contributed by atoms with E-state index in [1.54, 1.807) is 12.1 Å². The van der Waals surface area contributed by atoms with Gasteiger partial charge in [0.25, 0.3) is 0 Å². The van der Waals surface area contributed by atoms with Crippen molar-refractivity contribution >= 4 is 11.8 Å². The largest absolute Gasteiger partial charge is 0.352 e. The number of hydrogen-bond donors (Lipinski definition) is 2. The molecule has 6 heteroatoms. The molecule has 0 atom stereocenters. The number of likely N-dealkylation sites (tertiary alicyclic amines) is 1. The lowest BCUT2D eigenvalue weighted by atomic mass is 9.89. The predicted octanol–water partition coefficient (Wildman–Crippen LogP) is 1.39. The topological polar surface area (TPSA) is 75.4 Å². The molecule has 0 unspecified atom stereocenters. The quantitative estimate of drug-likeness (QED) is 0.806. The fraction of sp³-hybridized carbons (Fsp3) is 0.467. The minimum Gasteiger partial charge on any atom is -0.352 e. The van der Waals surface area contributed by atoms with E-state index in [0.717, 1.165) is 32.5 Å². The van der Waals surface area contributed by atoms with Crippen molar-refractivity contribution in [3.05, 3.63) is 35.6 Å². The molecule has 3 N–H and O–H groups in total. The van der Waals surface area contributed by atoms with E-state index in [9.17, 15) is 14.0 Å². The van der Waals surface area contributed by atoms with Crippen LogP contribution in [0.4, 0.5) is 9.18 Å². The molecular formula is C15H20FN3O2. The summed E-state index contributed by atoms with van der Waals surface area (Å²) in [5.41, 5.74) is 5.58. The Morgan fingerprint density at radius 1 is 1.24 bits per heavy atom. The minimum atomic E-state index is -0.517. The molecule has 1 heterocycles. The molecule has 2 amide bonds. The number of benzene rings is 1. The van der Waals surface area contributed by atoms with Gasteiger partial charge >= 0.3 is 6.03 Å². The number of urea groups is 1. The maximum absolute atomic E-state index is 12.9. The van der Waals surface area contributed by atoms with Gasteiger partial charge in [-0.3, -0.25) is 4.79 Å². The highest BCUT2D eigenvalue weighted by molar-refractivity contribution is 5.97. The Kier molecular flexibility index (Phi) is 5.27. The van der Waals surface area contributed by atoms with Gasteiger partial charge in [0, 0.05) is 24.6 Å². The Labute approximate surface area is 123 Å². The molecule has 21 heavy (non-hydrogen) atoms. The van der Waals surface area contributed by atoms with Crippen LogP contribution in [0.3, 0.4) is 0 Å². The molecule has 1 aromatic carbocycles. The molecule has 0 aromatic heterocycles. The molecular weight excluding hydrogens is 273 g/mol. The molecule has 1 aromatic rings. The Balaban J connectivity index is 1.79. The molecule has 0 bridgehead atoms. The van der Waals surface area contributed by atoms with E-state index < -0.39 is 6.03 Å². The Hall–Kier alpha value is -1.95. The molecule has 114 valence electrons. The zero-order valence-electron chi connectivity index (χ0n) is 11.8. The number of nitrogens with one attached hydrogen (secondary N) is 1. The average molecular weight is 293 g/mol. The summed E-state index contributed by atoms with van der Waals surface area (Å²) in [6, 6.07) is 5.20. The van der Waals surface area contributed by atoms with Gasteiger partial charge in [0.1, 0.15) is 5.82 Å². The first-order valence-electron chi connectivity index (χ1n) is 7.11. The SMILES string of the molecule is NC(=O)NCCN1CCC(C(=O)c2ccc(F)cc2)CC1. The number of nitrogens with two attached hydrogens (primary N) is 1. The van der Waals surface area contributed by atoms with Crippen molar-refractivity contribution in [3.8, 4) is 0 Å². The van der Waals surface area contributed by atoms with Crippen LogP contribution in [0.1, 0.15) is 23.2 Å². The van der Waals surface area contributed by atoms with E-state index >= 15 is 0 Å². The first-order chi connectivity index (χ1) is 10.1. The average Bonchev–Trinajstić information content (AvgIpc) is 2.48. The second kappa shape index (κ2) is 7.17. The minimum absolute atomic E-state index is 0.00388. The van der Waals surface area contributed by atoms with Crippen molar-refractivity contribution in [2.75, 3.05) is 26.2 Å². The van der Waals surface area contributed by atoms with E-state index in [0.29, 0.717) is 12.1 Å². The maximum atomic E-state index is 12.9. The molecule has 2 rings (SSSR count).